The summed E-state index contributed by atoms with van der Waals surface area (Å²) in [6.45, 7) is 0.340. The second-order valence-corrected chi connectivity index (χ2v) is 4.43. The van der Waals surface area contributed by atoms with Crippen molar-refractivity contribution in [3.63, 3.8) is 0 Å². The summed E-state index contributed by atoms with van der Waals surface area (Å²) in [5.74, 6) is -1.11. The zero-order chi connectivity index (χ0) is 10.1. The molecule has 1 atom stereocenters. The molecule has 0 saturated carbocycles. The Kier molecular flexibility index (Phi) is 4.77. The van der Waals surface area contributed by atoms with Crippen LogP contribution in [0.2, 0.25) is 0 Å². The second-order valence-electron chi connectivity index (χ2n) is 2.78. The molecule has 1 aliphatic rings. The molecule has 0 aromatic carbocycles. The zero-order valence-electron chi connectivity index (χ0n) is 7.08. The van der Waals surface area contributed by atoms with Crippen molar-refractivity contribution in [2.45, 2.75) is 6.04 Å². The number of nitrogens with one attached hydrogen (secondary N) is 1. The Morgan fingerprint density at radius 2 is 2.21 bits per heavy atom. The highest BCUT2D eigenvalue weighted by Crippen LogP contribution is 2.38. The molecule has 0 radical (unpaired) electrons. The first-order chi connectivity index (χ1) is 5.90. The first kappa shape index (κ1) is 13.6. The van der Waals surface area contributed by atoms with Gasteiger partial charge < -0.3 is 14.9 Å². The van der Waals surface area contributed by atoms with Gasteiger partial charge in [-0.05, 0) is 5.57 Å². The highest BCUT2D eigenvalue weighted by molar-refractivity contribution is 7.52. The zero-order valence-corrected chi connectivity index (χ0v) is 8.79. The van der Waals surface area contributed by atoms with Crippen LogP contribution in [0.4, 0.5) is 0 Å². The molecule has 1 unspecified atom stereocenters. The van der Waals surface area contributed by atoms with Gasteiger partial charge in [-0.25, -0.2) is 0 Å². The fourth-order valence-corrected chi connectivity index (χ4v) is 1.98. The predicted molar refractivity (Wildman–Crippen MR) is 51.7 cm³/mol. The maximum Gasteiger partial charge on any atom is 0.329 e. The van der Waals surface area contributed by atoms with Crippen molar-refractivity contribution in [1.29, 1.82) is 0 Å². The predicted octanol–water partition coefficient (Wildman–Crippen LogP) is -0.431. The van der Waals surface area contributed by atoms with Gasteiger partial charge in [-0.15, -0.1) is 12.4 Å². The van der Waals surface area contributed by atoms with Crippen LogP contribution in [0.1, 0.15) is 0 Å². The van der Waals surface area contributed by atoms with E-state index in [-0.39, 0.29) is 18.0 Å². The fourth-order valence-electron chi connectivity index (χ4n) is 1.20. The molecule has 8 heteroatoms. The van der Waals surface area contributed by atoms with Crippen molar-refractivity contribution in [2.24, 2.45) is 0 Å². The van der Waals surface area contributed by atoms with Gasteiger partial charge in [0, 0.05) is 6.54 Å². The number of hydrogen-bond acceptors (Lipinski definition) is 3. The molecular formula is C6H11ClNO5P. The topological polar surface area (TPSA) is 107 Å². The molecule has 14 heavy (non-hydrogen) atoms. The second kappa shape index (κ2) is 4.91. The molecule has 4 N–H and O–H groups in total. The smallest absolute Gasteiger partial charge is 0.329 e. The van der Waals surface area contributed by atoms with E-state index in [1.165, 1.54) is 6.08 Å². The first-order valence-electron chi connectivity index (χ1n) is 3.60. The number of hydrogen-bond donors (Lipinski definition) is 4. The Balaban J connectivity index is 0.00000169. The van der Waals surface area contributed by atoms with Gasteiger partial charge in [0.2, 0.25) is 0 Å². The lowest BCUT2D eigenvalue weighted by Crippen LogP contribution is -2.34. The third kappa shape index (κ3) is 3.77. The molecule has 0 amide bonds. The van der Waals surface area contributed by atoms with Crippen LogP contribution in [0.3, 0.4) is 0 Å². The largest absolute Gasteiger partial charge is 0.480 e. The van der Waals surface area contributed by atoms with Crippen molar-refractivity contribution in [3.8, 4) is 0 Å². The molecule has 0 bridgehead atoms. The van der Waals surface area contributed by atoms with Crippen molar-refractivity contribution in [2.75, 3.05) is 12.7 Å². The van der Waals surface area contributed by atoms with Crippen LogP contribution in [-0.2, 0) is 9.36 Å². The van der Waals surface area contributed by atoms with Crippen LogP contribution in [0, 0.1) is 0 Å². The van der Waals surface area contributed by atoms with Crippen molar-refractivity contribution >= 4 is 26.0 Å². The van der Waals surface area contributed by atoms with Crippen LogP contribution in [0.25, 0.3) is 0 Å². The van der Waals surface area contributed by atoms with Gasteiger partial charge in [-0.3, -0.25) is 14.7 Å². The molecule has 0 aromatic rings. The lowest BCUT2D eigenvalue weighted by atomic mass is 10.2. The molecule has 1 heterocycles. The molecule has 0 fully saturated rings. The van der Waals surface area contributed by atoms with Crippen molar-refractivity contribution < 1.29 is 24.3 Å². The van der Waals surface area contributed by atoms with E-state index in [0.717, 1.165) is 0 Å². The Hall–Kier alpha value is -0.390. The highest BCUT2D eigenvalue weighted by Gasteiger charge is 2.29. The van der Waals surface area contributed by atoms with Crippen LogP contribution in [-0.4, -0.2) is 39.6 Å². The summed E-state index contributed by atoms with van der Waals surface area (Å²) in [5.41, 5.74) is 0.251. The summed E-state index contributed by atoms with van der Waals surface area (Å²) in [6.07, 6.45) is 1.01. The molecule has 0 aliphatic carbocycles. The molecule has 0 spiro atoms. The van der Waals surface area contributed by atoms with Gasteiger partial charge in [-0.2, -0.15) is 0 Å². The molecule has 6 nitrogen and oxygen atoms in total. The maximum atomic E-state index is 10.6. The Labute approximate surface area is 86.6 Å². The van der Waals surface area contributed by atoms with Gasteiger partial charge >= 0.3 is 13.6 Å². The van der Waals surface area contributed by atoms with Crippen LogP contribution < -0.4 is 5.32 Å². The van der Waals surface area contributed by atoms with Crippen LogP contribution in [0.5, 0.6) is 0 Å². The summed E-state index contributed by atoms with van der Waals surface area (Å²) in [4.78, 5) is 27.8. The third-order valence-corrected chi connectivity index (χ3v) is 2.47. The molecular weight excluding hydrogens is 232 g/mol. The lowest BCUT2D eigenvalue weighted by Gasteiger charge is -2.11. The van der Waals surface area contributed by atoms with E-state index >= 15 is 0 Å². The lowest BCUT2D eigenvalue weighted by molar-refractivity contribution is -0.138. The normalized spacial score (nSPS) is 21.3. The fraction of sp³-hybridized carbons (Fsp3) is 0.500. The average Bonchev–Trinajstić information content (AvgIpc) is 2.31. The number of aliphatic carboxylic acids is 1. The number of carbonyl (C=O) groups is 1. The number of carboxylic acids is 1. The van der Waals surface area contributed by atoms with Gasteiger partial charge in [0.05, 0.1) is 6.16 Å². The maximum absolute atomic E-state index is 10.6. The molecule has 0 aromatic heterocycles. The summed E-state index contributed by atoms with van der Waals surface area (Å²) in [5, 5.41) is 11.2. The Morgan fingerprint density at radius 3 is 2.64 bits per heavy atom. The van der Waals surface area contributed by atoms with E-state index in [1.807, 2.05) is 0 Å². The molecule has 1 aliphatic heterocycles. The number of carboxylic acid groups (broad SMARTS) is 1. The quantitative estimate of drug-likeness (QED) is 0.396. The van der Waals surface area contributed by atoms with Gasteiger partial charge in [0.15, 0.2) is 0 Å². The van der Waals surface area contributed by atoms with E-state index in [1.54, 1.807) is 0 Å². The van der Waals surface area contributed by atoms with Gasteiger partial charge in [-0.1, -0.05) is 6.08 Å². The first-order valence-corrected chi connectivity index (χ1v) is 5.39. The van der Waals surface area contributed by atoms with Crippen molar-refractivity contribution in [1.82, 2.24) is 5.32 Å². The van der Waals surface area contributed by atoms with Gasteiger partial charge in [0.25, 0.3) is 0 Å². The summed E-state index contributed by atoms with van der Waals surface area (Å²) in [6, 6.07) is -0.951. The SMILES string of the molecule is Cl.O=C(O)C1NCC=C1CP(=O)(O)O. The number of halogens is 1. The minimum absolute atomic E-state index is 0. The van der Waals surface area contributed by atoms with E-state index in [9.17, 15) is 9.36 Å². The Bertz CT molecular complexity index is 299. The van der Waals surface area contributed by atoms with Crippen molar-refractivity contribution in [3.05, 3.63) is 11.6 Å². The Morgan fingerprint density at radius 1 is 1.64 bits per heavy atom. The monoisotopic (exact) mass is 243 g/mol. The summed E-state index contributed by atoms with van der Waals surface area (Å²) >= 11 is 0. The molecule has 1 rings (SSSR count). The van der Waals surface area contributed by atoms with Crippen LogP contribution in [0.15, 0.2) is 11.6 Å². The van der Waals surface area contributed by atoms with Gasteiger partial charge in [0.1, 0.15) is 6.04 Å². The minimum Gasteiger partial charge on any atom is -0.480 e. The van der Waals surface area contributed by atoms with E-state index in [4.69, 9.17) is 14.9 Å². The molecule has 0 saturated heterocycles. The summed E-state index contributed by atoms with van der Waals surface area (Å²) in [7, 11) is -4.16. The summed E-state index contributed by atoms with van der Waals surface area (Å²) < 4.78 is 10.6. The molecule has 82 valence electrons. The van der Waals surface area contributed by atoms with Crippen LogP contribution >= 0.6 is 20.0 Å². The van der Waals surface area contributed by atoms with E-state index < -0.39 is 25.8 Å². The standard InChI is InChI=1S/C6H10NO5P.ClH/c8-6(9)5-4(1-2-7-5)3-13(10,11)12;/h1,5,7H,2-3H2,(H,8,9)(H2,10,11,12);1H. The number of rotatable bonds is 3. The highest BCUT2D eigenvalue weighted by atomic mass is 35.5. The minimum atomic E-state index is -4.16. The van der Waals surface area contributed by atoms with E-state index in [0.29, 0.717) is 6.54 Å². The average molecular weight is 244 g/mol. The third-order valence-electron chi connectivity index (χ3n) is 1.69. The van der Waals surface area contributed by atoms with E-state index in [2.05, 4.69) is 5.32 Å².